The smallest absolute Gasteiger partial charge is 0.228 e. The van der Waals surface area contributed by atoms with Crippen LogP contribution in [0.1, 0.15) is 29.7 Å². The van der Waals surface area contributed by atoms with Crippen molar-refractivity contribution in [2.45, 2.75) is 25.4 Å². The molecular weight excluding hydrogens is 250 g/mol. The molecule has 0 aliphatic heterocycles. The van der Waals surface area contributed by atoms with Crippen LogP contribution in [-0.4, -0.2) is 0 Å². The van der Waals surface area contributed by atoms with Gasteiger partial charge >= 0.3 is 12.4 Å². The molecular formula is C10H7F6O. The number of hydrogen-bond acceptors (Lipinski definition) is 0. The van der Waals surface area contributed by atoms with Crippen LogP contribution in [0, 0.1) is 0 Å². The monoisotopic (exact) mass is 257 g/mol. The molecule has 0 saturated carbocycles. The second-order valence-electron chi connectivity index (χ2n) is 3.44. The first-order valence-electron chi connectivity index (χ1n) is 4.47. The summed E-state index contributed by atoms with van der Waals surface area (Å²) in [5, 5.41) is 11.0. The topological polar surface area (TPSA) is 19.9 Å². The summed E-state index contributed by atoms with van der Waals surface area (Å²) in [7, 11) is 0. The van der Waals surface area contributed by atoms with E-state index in [1.807, 2.05) is 0 Å². The Labute approximate surface area is 92.7 Å². The zero-order chi connectivity index (χ0) is 13.4. The van der Waals surface area contributed by atoms with E-state index < -0.39 is 35.1 Å². The Balaban J connectivity index is 3.41. The molecule has 1 radical (unpaired) electrons. The third-order valence-corrected chi connectivity index (χ3v) is 2.12. The normalized spacial score (nSPS) is 14.8. The molecule has 1 rings (SSSR count). The Morgan fingerprint density at radius 1 is 1.00 bits per heavy atom. The van der Waals surface area contributed by atoms with Crippen LogP contribution in [-0.2, 0) is 17.5 Å². The summed E-state index contributed by atoms with van der Waals surface area (Å²) in [5.41, 5.74) is -3.64. The summed E-state index contributed by atoms with van der Waals surface area (Å²) in [6.07, 6.45) is -11.6. The first kappa shape index (κ1) is 13.8. The van der Waals surface area contributed by atoms with Crippen molar-refractivity contribution < 1.29 is 31.4 Å². The molecule has 7 heteroatoms. The van der Waals surface area contributed by atoms with Crippen LogP contribution in [0.4, 0.5) is 26.3 Å². The molecule has 1 nitrogen and oxygen atoms in total. The van der Waals surface area contributed by atoms with Crippen molar-refractivity contribution >= 4 is 0 Å². The Morgan fingerprint density at radius 2 is 1.53 bits per heavy atom. The van der Waals surface area contributed by atoms with Crippen molar-refractivity contribution in [3.63, 3.8) is 0 Å². The molecule has 1 atom stereocenters. The lowest BCUT2D eigenvalue weighted by molar-refractivity contribution is -0.144. The zero-order valence-electron chi connectivity index (χ0n) is 8.49. The van der Waals surface area contributed by atoms with Gasteiger partial charge in [0.25, 0.3) is 0 Å². The summed E-state index contributed by atoms with van der Waals surface area (Å²) in [4.78, 5) is 0. The minimum absolute atomic E-state index is 0.0380. The first-order valence-corrected chi connectivity index (χ1v) is 4.47. The summed E-state index contributed by atoms with van der Waals surface area (Å²) in [6.45, 7) is 0.942. The van der Waals surface area contributed by atoms with E-state index >= 15 is 0 Å². The van der Waals surface area contributed by atoms with Gasteiger partial charge in [0, 0.05) is 0 Å². The van der Waals surface area contributed by atoms with Gasteiger partial charge in [-0.3, -0.25) is 0 Å². The number of benzene rings is 1. The highest BCUT2D eigenvalue weighted by Crippen LogP contribution is 2.39. The molecule has 0 amide bonds. The minimum atomic E-state index is -4.98. The van der Waals surface area contributed by atoms with Gasteiger partial charge in [-0.1, -0.05) is 6.07 Å². The summed E-state index contributed by atoms with van der Waals surface area (Å²) < 4.78 is 74.1. The van der Waals surface area contributed by atoms with Gasteiger partial charge in [0.15, 0.2) is 0 Å². The van der Waals surface area contributed by atoms with Crippen LogP contribution < -0.4 is 0 Å². The van der Waals surface area contributed by atoms with Gasteiger partial charge in [-0.05, 0) is 24.6 Å². The second kappa shape index (κ2) is 4.21. The summed E-state index contributed by atoms with van der Waals surface area (Å²) in [5.74, 6) is 0. The summed E-state index contributed by atoms with van der Waals surface area (Å²) in [6, 6.07) is 1.01. The average molecular weight is 257 g/mol. The van der Waals surface area contributed by atoms with Crippen LogP contribution in [0.5, 0.6) is 0 Å². The Hall–Kier alpha value is -1.24. The molecule has 1 aromatic carbocycles. The molecule has 1 aromatic rings. The Bertz CT molecular complexity index is 404. The maximum atomic E-state index is 12.5. The fourth-order valence-corrected chi connectivity index (χ4v) is 1.33. The molecule has 0 saturated heterocycles. The fraction of sp³-hybridized carbons (Fsp3) is 0.400. The first-order chi connectivity index (χ1) is 7.53. The second-order valence-corrected chi connectivity index (χ2v) is 3.44. The van der Waals surface area contributed by atoms with Crippen LogP contribution in [0.3, 0.4) is 0 Å². The predicted octanol–water partition coefficient (Wildman–Crippen LogP) is 4.22. The SMILES string of the molecule is CC([O])c1ccc(C(F)(F)F)cc1C(F)(F)F. The molecule has 17 heavy (non-hydrogen) atoms. The number of alkyl halides is 6. The van der Waals surface area contributed by atoms with E-state index in [0.717, 1.165) is 6.92 Å². The largest absolute Gasteiger partial charge is 0.416 e. The highest BCUT2D eigenvalue weighted by atomic mass is 19.4. The van der Waals surface area contributed by atoms with E-state index in [4.69, 9.17) is 0 Å². The lowest BCUT2D eigenvalue weighted by Gasteiger charge is -2.16. The van der Waals surface area contributed by atoms with Crippen LogP contribution in [0.25, 0.3) is 0 Å². The van der Waals surface area contributed by atoms with E-state index in [1.165, 1.54) is 0 Å². The van der Waals surface area contributed by atoms with Crippen molar-refractivity contribution in [2.24, 2.45) is 0 Å². The lowest BCUT2D eigenvalue weighted by Crippen LogP contribution is -2.14. The number of rotatable bonds is 1. The van der Waals surface area contributed by atoms with Crippen LogP contribution in [0.2, 0.25) is 0 Å². The van der Waals surface area contributed by atoms with Crippen molar-refractivity contribution in [3.05, 3.63) is 34.9 Å². The van der Waals surface area contributed by atoms with Crippen molar-refractivity contribution in [3.8, 4) is 0 Å². The molecule has 0 heterocycles. The van der Waals surface area contributed by atoms with Crippen molar-refractivity contribution in [1.29, 1.82) is 0 Å². The van der Waals surface area contributed by atoms with Gasteiger partial charge in [-0.2, -0.15) is 26.3 Å². The number of halogens is 6. The minimum Gasteiger partial charge on any atom is -0.228 e. The molecule has 95 valence electrons. The predicted molar refractivity (Wildman–Crippen MR) is 45.5 cm³/mol. The van der Waals surface area contributed by atoms with Gasteiger partial charge in [0.2, 0.25) is 0 Å². The highest BCUT2D eigenvalue weighted by Gasteiger charge is 2.38. The third kappa shape index (κ3) is 3.12. The quantitative estimate of drug-likeness (QED) is 0.671. The van der Waals surface area contributed by atoms with E-state index in [0.29, 0.717) is 12.1 Å². The van der Waals surface area contributed by atoms with E-state index in [9.17, 15) is 31.4 Å². The molecule has 0 fully saturated rings. The van der Waals surface area contributed by atoms with E-state index in [-0.39, 0.29) is 6.07 Å². The lowest BCUT2D eigenvalue weighted by atomic mass is 9.99. The van der Waals surface area contributed by atoms with Gasteiger partial charge < -0.3 is 0 Å². The molecule has 0 N–H and O–H groups in total. The van der Waals surface area contributed by atoms with E-state index in [2.05, 4.69) is 0 Å². The molecule has 1 unspecified atom stereocenters. The van der Waals surface area contributed by atoms with Crippen molar-refractivity contribution in [2.75, 3.05) is 0 Å². The van der Waals surface area contributed by atoms with Gasteiger partial charge in [0.1, 0.15) is 6.10 Å². The van der Waals surface area contributed by atoms with Crippen molar-refractivity contribution in [1.82, 2.24) is 0 Å². The number of hydrogen-bond donors (Lipinski definition) is 0. The standard InChI is InChI=1S/C10H7F6O/c1-5(17)7-3-2-6(9(11,12)13)4-8(7)10(14,15)16/h2-5H,1H3. The molecule has 0 spiro atoms. The molecule has 0 bridgehead atoms. The average Bonchev–Trinajstić information content (AvgIpc) is 2.14. The zero-order valence-corrected chi connectivity index (χ0v) is 8.49. The maximum absolute atomic E-state index is 12.5. The van der Waals surface area contributed by atoms with Crippen LogP contribution in [0.15, 0.2) is 18.2 Å². The fourth-order valence-electron chi connectivity index (χ4n) is 1.33. The molecule has 0 aliphatic rings. The summed E-state index contributed by atoms with van der Waals surface area (Å²) >= 11 is 0. The molecule has 0 aromatic heterocycles. The van der Waals surface area contributed by atoms with Crippen LogP contribution >= 0.6 is 0 Å². The third-order valence-electron chi connectivity index (χ3n) is 2.12. The highest BCUT2D eigenvalue weighted by molar-refractivity contribution is 5.36. The molecule has 0 aliphatic carbocycles. The van der Waals surface area contributed by atoms with Gasteiger partial charge in [0.05, 0.1) is 11.1 Å². The maximum Gasteiger partial charge on any atom is 0.416 e. The van der Waals surface area contributed by atoms with Gasteiger partial charge in [-0.25, -0.2) is 5.11 Å². The Morgan fingerprint density at radius 3 is 1.88 bits per heavy atom. The van der Waals surface area contributed by atoms with Gasteiger partial charge in [-0.15, -0.1) is 0 Å². The van der Waals surface area contributed by atoms with E-state index in [1.54, 1.807) is 0 Å². The Kier molecular flexibility index (Phi) is 3.42.